The van der Waals surface area contributed by atoms with Crippen LogP contribution >= 0.6 is 11.6 Å². The Kier molecular flexibility index (Phi) is 7.09. The summed E-state index contributed by atoms with van der Waals surface area (Å²) < 4.78 is 6.31. The predicted molar refractivity (Wildman–Crippen MR) is 129 cm³/mol. The molecule has 1 atom stereocenters. The molecule has 4 rings (SSSR count). The topological polar surface area (TPSA) is 135 Å². The van der Waals surface area contributed by atoms with Crippen LogP contribution in [-0.4, -0.2) is 38.2 Å². The van der Waals surface area contributed by atoms with Gasteiger partial charge in [-0.15, -0.1) is 0 Å². The number of hydrogen-bond donors (Lipinski definition) is 3. The fraction of sp³-hybridized carbons (Fsp3) is 0.120. The molecule has 0 bridgehead atoms. The number of benzene rings is 2. The number of carbonyl (C=O) groups is 2. The molecule has 0 aliphatic carbocycles. The van der Waals surface area contributed by atoms with Crippen LogP contribution in [0.2, 0.25) is 5.02 Å². The van der Waals surface area contributed by atoms with E-state index in [9.17, 15) is 19.5 Å². The van der Waals surface area contributed by atoms with E-state index in [4.69, 9.17) is 21.1 Å². The maximum atomic E-state index is 13.1. The van der Waals surface area contributed by atoms with Crippen LogP contribution in [0.1, 0.15) is 22.8 Å². The molecule has 0 radical (unpaired) electrons. The molecule has 35 heavy (non-hydrogen) atoms. The van der Waals surface area contributed by atoms with Crippen molar-refractivity contribution in [2.45, 2.75) is 12.5 Å². The van der Waals surface area contributed by atoms with E-state index in [1.165, 1.54) is 53.8 Å². The number of anilines is 1. The van der Waals surface area contributed by atoms with Gasteiger partial charge >= 0.3 is 5.97 Å². The Bertz CT molecular complexity index is 1410. The summed E-state index contributed by atoms with van der Waals surface area (Å²) in [4.78, 5) is 41.2. The minimum absolute atomic E-state index is 0.000346. The van der Waals surface area contributed by atoms with E-state index in [2.05, 4.69) is 10.3 Å². The maximum absolute atomic E-state index is 13.1. The first kappa shape index (κ1) is 23.9. The number of aromatic carboxylic acids is 1. The number of carboxylic acids is 1. The molecule has 1 unspecified atom stereocenters. The zero-order valence-corrected chi connectivity index (χ0v) is 19.0. The van der Waals surface area contributed by atoms with Gasteiger partial charge in [0, 0.05) is 41.6 Å². The van der Waals surface area contributed by atoms with Crippen LogP contribution in [0.5, 0.6) is 0 Å². The van der Waals surface area contributed by atoms with E-state index in [0.717, 1.165) is 5.56 Å². The summed E-state index contributed by atoms with van der Waals surface area (Å²) in [6, 6.07) is 12.9. The third-order valence-electron chi connectivity index (χ3n) is 5.39. The van der Waals surface area contributed by atoms with Gasteiger partial charge < -0.3 is 24.5 Å². The molecule has 0 spiro atoms. The summed E-state index contributed by atoms with van der Waals surface area (Å²) >= 11 is 6.20. The number of pyridine rings is 1. The normalized spacial score (nSPS) is 11.7. The molecule has 0 fully saturated rings. The van der Waals surface area contributed by atoms with Crippen molar-refractivity contribution in [2.75, 3.05) is 11.9 Å². The summed E-state index contributed by atoms with van der Waals surface area (Å²) in [5.41, 5.74) is 2.51. The van der Waals surface area contributed by atoms with E-state index < -0.39 is 23.5 Å². The second kappa shape index (κ2) is 10.4. The van der Waals surface area contributed by atoms with Crippen molar-refractivity contribution >= 4 is 29.2 Å². The molecule has 0 aliphatic rings. The SMILES string of the molecule is O=C(O)c1ccc(NC(=O)C(CCO)n2ccc(-c3cc(Cl)ccc3-c3cocn3)cc2=O)cc1. The molecule has 3 N–H and O–H groups in total. The second-order valence-corrected chi connectivity index (χ2v) is 8.06. The number of aromatic nitrogens is 2. The van der Waals surface area contributed by atoms with Crippen molar-refractivity contribution in [3.05, 3.63) is 94.4 Å². The van der Waals surface area contributed by atoms with Gasteiger partial charge in [-0.2, -0.15) is 0 Å². The first-order valence-corrected chi connectivity index (χ1v) is 10.9. The Balaban J connectivity index is 1.64. The first-order chi connectivity index (χ1) is 16.9. The van der Waals surface area contributed by atoms with Crippen LogP contribution in [0, 0.1) is 0 Å². The molecule has 9 nitrogen and oxygen atoms in total. The number of nitrogens with zero attached hydrogens (tertiary/aromatic N) is 2. The van der Waals surface area contributed by atoms with Gasteiger partial charge in [-0.1, -0.05) is 17.7 Å². The zero-order valence-electron chi connectivity index (χ0n) is 18.2. The Morgan fingerprint density at radius 2 is 1.86 bits per heavy atom. The largest absolute Gasteiger partial charge is 0.478 e. The summed E-state index contributed by atoms with van der Waals surface area (Å²) in [5, 5.41) is 21.7. The molecule has 1 amide bonds. The number of carbonyl (C=O) groups excluding carboxylic acids is 1. The fourth-order valence-electron chi connectivity index (χ4n) is 3.68. The van der Waals surface area contributed by atoms with Gasteiger partial charge in [0.05, 0.1) is 5.56 Å². The van der Waals surface area contributed by atoms with E-state index >= 15 is 0 Å². The lowest BCUT2D eigenvalue weighted by Gasteiger charge is -2.19. The summed E-state index contributed by atoms with van der Waals surface area (Å²) in [7, 11) is 0. The Labute approximate surface area is 204 Å². The summed E-state index contributed by atoms with van der Waals surface area (Å²) in [6.45, 7) is -0.325. The van der Waals surface area contributed by atoms with Crippen LogP contribution in [0.3, 0.4) is 0 Å². The third-order valence-corrected chi connectivity index (χ3v) is 5.62. The lowest BCUT2D eigenvalue weighted by atomic mass is 9.98. The molecule has 10 heteroatoms. The summed E-state index contributed by atoms with van der Waals surface area (Å²) in [6.07, 6.45) is 4.27. The van der Waals surface area contributed by atoms with Crippen LogP contribution < -0.4 is 10.9 Å². The highest BCUT2D eigenvalue weighted by atomic mass is 35.5. The average molecular weight is 494 g/mol. The number of aliphatic hydroxyl groups excluding tert-OH is 1. The number of halogens is 1. The smallest absolute Gasteiger partial charge is 0.335 e. The molecule has 0 aliphatic heterocycles. The highest BCUT2D eigenvalue weighted by molar-refractivity contribution is 6.31. The fourth-order valence-corrected chi connectivity index (χ4v) is 3.85. The van der Waals surface area contributed by atoms with Gasteiger partial charge in [0.1, 0.15) is 18.0 Å². The van der Waals surface area contributed by atoms with Gasteiger partial charge in [0.2, 0.25) is 5.91 Å². The van der Waals surface area contributed by atoms with Crippen LogP contribution in [0.15, 0.2) is 82.7 Å². The van der Waals surface area contributed by atoms with Gasteiger partial charge in [-0.3, -0.25) is 9.59 Å². The monoisotopic (exact) mass is 493 g/mol. The van der Waals surface area contributed by atoms with Gasteiger partial charge in [-0.05, 0) is 53.6 Å². The molecule has 4 aromatic rings. The zero-order chi connectivity index (χ0) is 24.9. The van der Waals surface area contributed by atoms with Crippen molar-refractivity contribution in [3.8, 4) is 22.4 Å². The number of nitrogens with one attached hydrogen (secondary N) is 1. The molecule has 0 saturated carbocycles. The summed E-state index contributed by atoms with van der Waals surface area (Å²) in [5.74, 6) is -1.61. The third kappa shape index (κ3) is 5.32. The van der Waals surface area contributed by atoms with Crippen molar-refractivity contribution in [1.29, 1.82) is 0 Å². The maximum Gasteiger partial charge on any atom is 0.335 e. The first-order valence-electron chi connectivity index (χ1n) is 10.5. The number of hydrogen-bond acceptors (Lipinski definition) is 6. The Morgan fingerprint density at radius 1 is 1.09 bits per heavy atom. The van der Waals surface area contributed by atoms with E-state index in [1.807, 2.05) is 0 Å². The van der Waals surface area contributed by atoms with Crippen molar-refractivity contribution in [2.24, 2.45) is 0 Å². The van der Waals surface area contributed by atoms with Crippen LogP contribution in [-0.2, 0) is 4.79 Å². The molecule has 2 aromatic carbocycles. The number of amides is 1. The quantitative estimate of drug-likeness (QED) is 0.336. The van der Waals surface area contributed by atoms with E-state index in [0.29, 0.717) is 27.5 Å². The van der Waals surface area contributed by atoms with Crippen LogP contribution in [0.25, 0.3) is 22.4 Å². The van der Waals surface area contributed by atoms with Gasteiger partial charge in [0.15, 0.2) is 6.39 Å². The van der Waals surface area contributed by atoms with Crippen molar-refractivity contribution in [3.63, 3.8) is 0 Å². The molecule has 2 heterocycles. The standard InChI is InChI=1S/C25H20ClN3O6/c26-17-3-6-19(21-13-35-14-27-21)20(12-17)16-7-9-29(23(31)11-16)22(8-10-30)24(32)28-18-4-1-15(2-5-18)25(33)34/h1-7,9,11-14,22,30H,8,10H2,(H,28,32)(H,33,34). The second-order valence-electron chi connectivity index (χ2n) is 7.62. The molecular weight excluding hydrogens is 474 g/mol. The van der Waals surface area contributed by atoms with Gasteiger partial charge in [-0.25, -0.2) is 9.78 Å². The lowest BCUT2D eigenvalue weighted by molar-refractivity contribution is -0.119. The number of rotatable bonds is 8. The highest BCUT2D eigenvalue weighted by Crippen LogP contribution is 2.33. The number of carboxylic acid groups (broad SMARTS) is 1. The molecule has 178 valence electrons. The average Bonchev–Trinajstić information content (AvgIpc) is 3.38. The molecule has 2 aromatic heterocycles. The van der Waals surface area contributed by atoms with Gasteiger partial charge in [0.25, 0.3) is 5.56 Å². The predicted octanol–water partition coefficient (Wildman–Crippen LogP) is 4.08. The number of aliphatic hydroxyl groups is 1. The van der Waals surface area contributed by atoms with Crippen molar-refractivity contribution in [1.82, 2.24) is 9.55 Å². The highest BCUT2D eigenvalue weighted by Gasteiger charge is 2.22. The minimum atomic E-state index is -1.08. The van der Waals surface area contributed by atoms with E-state index in [-0.39, 0.29) is 18.6 Å². The molecule has 0 saturated heterocycles. The van der Waals surface area contributed by atoms with Crippen molar-refractivity contribution < 1.29 is 24.2 Å². The number of oxazole rings is 1. The van der Waals surface area contributed by atoms with E-state index in [1.54, 1.807) is 24.3 Å². The van der Waals surface area contributed by atoms with Crippen LogP contribution in [0.4, 0.5) is 5.69 Å². The Morgan fingerprint density at radius 3 is 2.49 bits per heavy atom. The lowest BCUT2D eigenvalue weighted by Crippen LogP contribution is -2.33. The molecular formula is C25H20ClN3O6. The minimum Gasteiger partial charge on any atom is -0.478 e. The Hall–Kier alpha value is -4.21.